The van der Waals surface area contributed by atoms with Gasteiger partial charge >= 0.3 is 5.97 Å². The number of ether oxygens (including phenoxy) is 1. The Kier molecular flexibility index (Phi) is 4.84. The molecule has 0 spiro atoms. The zero-order valence-corrected chi connectivity index (χ0v) is 15.1. The first-order valence-electron chi connectivity index (χ1n) is 8.97. The Morgan fingerprint density at radius 2 is 1.92 bits per heavy atom. The third kappa shape index (κ3) is 2.45. The quantitative estimate of drug-likeness (QED) is 0.639. The predicted octanol–water partition coefficient (Wildman–Crippen LogP) is 1.80. The van der Waals surface area contributed by atoms with Gasteiger partial charge in [0.05, 0.1) is 18.4 Å². The largest absolute Gasteiger partial charge is 0.465 e. The average molecular weight is 362 g/mol. The van der Waals surface area contributed by atoms with Gasteiger partial charge in [-0.05, 0) is 26.3 Å². The van der Waals surface area contributed by atoms with Gasteiger partial charge in [0.15, 0.2) is 0 Å². The molecule has 2 aliphatic rings. The van der Waals surface area contributed by atoms with Gasteiger partial charge in [0.1, 0.15) is 11.4 Å². The van der Waals surface area contributed by atoms with Gasteiger partial charge in [-0.1, -0.05) is 25.1 Å². The number of halogens is 1. The lowest BCUT2D eigenvalue weighted by atomic mass is 9.78. The monoisotopic (exact) mass is 362 g/mol. The maximum Gasteiger partial charge on any atom is 0.327 e. The third-order valence-electron chi connectivity index (χ3n) is 5.50. The summed E-state index contributed by atoms with van der Waals surface area (Å²) in [4.78, 5) is 39.8. The second-order valence-corrected chi connectivity index (χ2v) is 6.61. The minimum absolute atomic E-state index is 0.156. The summed E-state index contributed by atoms with van der Waals surface area (Å²) in [5.74, 6) is -3.55. The SMILES string of the molecule is CCOC(=O)[C@]1(CC)N[C@@H](c2ccccc2F)[C@H]2C(=O)N(CC)C(=O)[C@H]21. The molecule has 6 nitrogen and oxygen atoms in total. The topological polar surface area (TPSA) is 75.7 Å². The van der Waals surface area contributed by atoms with E-state index in [2.05, 4.69) is 5.32 Å². The van der Waals surface area contributed by atoms with Crippen LogP contribution in [0.1, 0.15) is 38.8 Å². The highest BCUT2D eigenvalue weighted by Crippen LogP contribution is 2.50. The van der Waals surface area contributed by atoms with Crippen LogP contribution >= 0.6 is 0 Å². The molecule has 7 heteroatoms. The molecule has 2 heterocycles. The normalized spacial score (nSPS) is 30.6. The van der Waals surface area contributed by atoms with Crippen LogP contribution in [0.25, 0.3) is 0 Å². The number of carbonyl (C=O) groups excluding carboxylic acids is 3. The molecule has 2 saturated heterocycles. The molecule has 1 aromatic carbocycles. The fraction of sp³-hybridized carbons (Fsp3) is 0.526. The number of carbonyl (C=O) groups is 3. The third-order valence-corrected chi connectivity index (χ3v) is 5.50. The van der Waals surface area contributed by atoms with Crippen LogP contribution in [0.3, 0.4) is 0 Å². The van der Waals surface area contributed by atoms with Crippen molar-refractivity contribution in [3.8, 4) is 0 Å². The van der Waals surface area contributed by atoms with E-state index in [4.69, 9.17) is 4.74 Å². The molecule has 1 aromatic rings. The lowest BCUT2D eigenvalue weighted by Gasteiger charge is -2.31. The molecular formula is C19H23FN2O4. The van der Waals surface area contributed by atoms with Gasteiger partial charge in [0, 0.05) is 18.2 Å². The van der Waals surface area contributed by atoms with E-state index >= 15 is 0 Å². The van der Waals surface area contributed by atoms with Crippen LogP contribution in [0, 0.1) is 17.7 Å². The fourth-order valence-electron chi connectivity index (χ4n) is 4.28. The summed E-state index contributed by atoms with van der Waals surface area (Å²) in [6.07, 6.45) is 0.258. The van der Waals surface area contributed by atoms with Crippen LogP contribution in [0.4, 0.5) is 4.39 Å². The molecule has 4 atom stereocenters. The second kappa shape index (κ2) is 6.79. The molecule has 0 bridgehead atoms. The lowest BCUT2D eigenvalue weighted by Crippen LogP contribution is -2.56. The molecule has 1 N–H and O–H groups in total. The zero-order valence-electron chi connectivity index (χ0n) is 15.1. The minimum atomic E-state index is -1.34. The van der Waals surface area contributed by atoms with Crippen molar-refractivity contribution in [1.29, 1.82) is 0 Å². The minimum Gasteiger partial charge on any atom is -0.465 e. The van der Waals surface area contributed by atoms with Crippen molar-refractivity contribution in [2.45, 2.75) is 38.8 Å². The highest BCUT2D eigenvalue weighted by Gasteiger charge is 2.68. The van der Waals surface area contributed by atoms with Gasteiger partial charge < -0.3 is 4.74 Å². The molecule has 0 radical (unpaired) electrons. The number of esters is 1. The number of imide groups is 1. The first-order valence-corrected chi connectivity index (χ1v) is 8.97. The van der Waals surface area contributed by atoms with Gasteiger partial charge in [0.25, 0.3) is 0 Å². The van der Waals surface area contributed by atoms with Crippen molar-refractivity contribution in [2.24, 2.45) is 11.8 Å². The van der Waals surface area contributed by atoms with Crippen LogP contribution in [-0.4, -0.2) is 41.4 Å². The Bertz CT molecular complexity index is 753. The number of hydrogen-bond donors (Lipinski definition) is 1. The zero-order chi connectivity index (χ0) is 19.1. The summed E-state index contributed by atoms with van der Waals surface area (Å²) in [5.41, 5.74) is -1.06. The highest BCUT2D eigenvalue weighted by molar-refractivity contribution is 6.09. The van der Waals surface area contributed by atoms with Crippen LogP contribution in [0.5, 0.6) is 0 Å². The van der Waals surface area contributed by atoms with E-state index in [0.717, 1.165) is 4.90 Å². The number of benzene rings is 1. The molecule has 140 valence electrons. The molecule has 0 saturated carbocycles. The molecule has 0 unspecified atom stereocenters. The van der Waals surface area contributed by atoms with Crippen molar-refractivity contribution in [1.82, 2.24) is 10.2 Å². The van der Waals surface area contributed by atoms with Crippen molar-refractivity contribution >= 4 is 17.8 Å². The van der Waals surface area contributed by atoms with Crippen LogP contribution in [0.2, 0.25) is 0 Å². The van der Waals surface area contributed by atoms with Gasteiger partial charge in [-0.25, -0.2) is 4.39 Å². The van der Waals surface area contributed by atoms with Gasteiger partial charge in [-0.3, -0.25) is 24.6 Å². The smallest absolute Gasteiger partial charge is 0.327 e. The average Bonchev–Trinajstić information content (AvgIpc) is 3.10. The molecule has 0 aromatic heterocycles. The number of fused-ring (bicyclic) bond motifs is 1. The summed E-state index contributed by atoms with van der Waals surface area (Å²) in [7, 11) is 0. The summed E-state index contributed by atoms with van der Waals surface area (Å²) in [6.45, 7) is 5.53. The first kappa shape index (κ1) is 18.5. The van der Waals surface area contributed by atoms with Crippen molar-refractivity contribution < 1.29 is 23.5 Å². The Hall–Kier alpha value is -2.28. The van der Waals surface area contributed by atoms with Crippen LogP contribution in [-0.2, 0) is 19.1 Å². The summed E-state index contributed by atoms with van der Waals surface area (Å²) in [5, 5.41) is 3.12. The Morgan fingerprint density at radius 1 is 1.23 bits per heavy atom. The number of rotatable bonds is 5. The van der Waals surface area contributed by atoms with Crippen molar-refractivity contribution in [3.05, 3.63) is 35.6 Å². The number of hydrogen-bond acceptors (Lipinski definition) is 5. The molecule has 26 heavy (non-hydrogen) atoms. The van der Waals surface area contributed by atoms with E-state index in [1.807, 2.05) is 0 Å². The van der Waals surface area contributed by atoms with Crippen molar-refractivity contribution in [2.75, 3.05) is 13.2 Å². The van der Waals surface area contributed by atoms with Gasteiger partial charge in [0.2, 0.25) is 11.8 Å². The number of amides is 2. The van der Waals surface area contributed by atoms with Crippen molar-refractivity contribution in [3.63, 3.8) is 0 Å². The first-order chi connectivity index (χ1) is 12.4. The fourth-order valence-corrected chi connectivity index (χ4v) is 4.28. The van der Waals surface area contributed by atoms with E-state index in [1.54, 1.807) is 39.0 Å². The number of likely N-dealkylation sites (tertiary alicyclic amines) is 1. The lowest BCUT2D eigenvalue weighted by molar-refractivity contribution is -0.156. The number of nitrogens with zero attached hydrogens (tertiary/aromatic N) is 1. The van der Waals surface area contributed by atoms with E-state index in [9.17, 15) is 18.8 Å². The Labute approximate surface area is 151 Å². The molecule has 2 amide bonds. The summed E-state index contributed by atoms with van der Waals surface area (Å²) in [6, 6.07) is 5.35. The van der Waals surface area contributed by atoms with Gasteiger partial charge in [-0.2, -0.15) is 0 Å². The Morgan fingerprint density at radius 3 is 2.50 bits per heavy atom. The molecule has 2 fully saturated rings. The Balaban J connectivity index is 2.15. The van der Waals surface area contributed by atoms with E-state index in [0.29, 0.717) is 0 Å². The highest BCUT2D eigenvalue weighted by atomic mass is 19.1. The maximum atomic E-state index is 14.4. The van der Waals surface area contributed by atoms with E-state index < -0.39 is 41.1 Å². The van der Waals surface area contributed by atoms with E-state index in [-0.39, 0.29) is 31.0 Å². The maximum absolute atomic E-state index is 14.4. The molecule has 3 rings (SSSR count). The van der Waals surface area contributed by atoms with Gasteiger partial charge in [-0.15, -0.1) is 0 Å². The van der Waals surface area contributed by atoms with Crippen LogP contribution < -0.4 is 5.32 Å². The number of nitrogens with one attached hydrogen (secondary N) is 1. The summed E-state index contributed by atoms with van der Waals surface area (Å²) >= 11 is 0. The standard InChI is InChI=1S/C19H23FN2O4/c1-4-19(18(25)26-6-3)14-13(16(23)22(5-2)17(14)24)15(21-19)11-9-7-8-10-12(11)20/h7-10,13-15,21H,4-6H2,1-3H3/t13-,14-,15-,19+/m0/s1. The van der Waals surface area contributed by atoms with Crippen LogP contribution in [0.15, 0.2) is 24.3 Å². The molecular weight excluding hydrogens is 339 g/mol. The second-order valence-electron chi connectivity index (χ2n) is 6.61. The summed E-state index contributed by atoms with van der Waals surface area (Å²) < 4.78 is 19.7. The van der Waals surface area contributed by atoms with E-state index in [1.165, 1.54) is 6.07 Å². The molecule has 2 aliphatic heterocycles. The predicted molar refractivity (Wildman–Crippen MR) is 91.3 cm³/mol. The molecule has 0 aliphatic carbocycles.